The lowest BCUT2D eigenvalue weighted by Crippen LogP contribution is -2.66. The Labute approximate surface area is 251 Å². The lowest BCUT2D eigenvalue weighted by Gasteiger charge is -2.73. The molecule has 6 aliphatic rings. The predicted molar refractivity (Wildman–Crippen MR) is 167 cm³/mol. The van der Waals surface area contributed by atoms with E-state index < -0.39 is 0 Å². The lowest BCUT2D eigenvalue weighted by molar-refractivity contribution is -0.245. The quantitative estimate of drug-likeness (QED) is 0.344. The average Bonchev–Trinajstić information content (AvgIpc) is 3.55. The lowest BCUT2D eigenvalue weighted by atomic mass is 9.32. The molecule has 0 heterocycles. The zero-order valence-corrected chi connectivity index (χ0v) is 27.4. The van der Waals surface area contributed by atoms with Crippen molar-refractivity contribution in [3.05, 3.63) is 35.9 Å². The molecule has 0 radical (unpaired) electrons. The Hall–Kier alpha value is -1.31. The molecule has 0 aliphatic heterocycles. The molecule has 1 aromatic carbocycles. The number of carbonyl (C=O) groups excluding carboxylic acids is 1. The Balaban J connectivity index is 1.23. The molecule has 0 unspecified atom stereocenters. The van der Waals surface area contributed by atoms with E-state index in [2.05, 4.69) is 72.7 Å². The molecule has 41 heavy (non-hydrogen) atoms. The van der Waals surface area contributed by atoms with Gasteiger partial charge in [-0.3, -0.25) is 4.79 Å². The molecule has 0 saturated heterocycles. The minimum atomic E-state index is -0.262. The van der Waals surface area contributed by atoms with Crippen LogP contribution in [0.1, 0.15) is 131 Å². The summed E-state index contributed by atoms with van der Waals surface area (Å²) in [6.07, 6.45) is 15.6. The van der Waals surface area contributed by atoms with E-state index in [9.17, 15) is 4.79 Å². The third-order valence-electron chi connectivity index (χ3n) is 16.5. The van der Waals surface area contributed by atoms with Gasteiger partial charge in [0.1, 0.15) is 6.61 Å². The normalized spacial score (nSPS) is 49.1. The highest BCUT2D eigenvalue weighted by Crippen LogP contribution is 2.79. The first-order valence-corrected chi connectivity index (χ1v) is 17.5. The number of benzene rings is 1. The van der Waals surface area contributed by atoms with Crippen molar-refractivity contribution in [1.82, 2.24) is 0 Å². The van der Waals surface area contributed by atoms with Crippen molar-refractivity contribution in [2.45, 2.75) is 132 Å². The Morgan fingerprint density at radius 3 is 2.17 bits per heavy atom. The third kappa shape index (κ3) is 3.76. The van der Waals surface area contributed by atoms with E-state index in [1.165, 1.54) is 64.2 Å². The van der Waals surface area contributed by atoms with Gasteiger partial charge in [-0.25, -0.2) is 0 Å². The molecule has 6 saturated carbocycles. The molecule has 226 valence electrons. The number of hydrogen-bond donors (Lipinski definition) is 0. The summed E-state index contributed by atoms with van der Waals surface area (Å²) in [5, 5.41) is 0. The Morgan fingerprint density at radius 2 is 1.46 bits per heavy atom. The Kier molecular flexibility index (Phi) is 6.32. The molecule has 7 rings (SSSR count). The zero-order valence-electron chi connectivity index (χ0n) is 27.4. The fraction of sp³-hybridized carbons (Fsp3) is 0.821. The number of ether oxygens (including phenoxy) is 1. The Bertz CT molecular complexity index is 1180. The second kappa shape index (κ2) is 9.11. The van der Waals surface area contributed by atoms with Crippen molar-refractivity contribution in [3.8, 4) is 0 Å². The molecule has 0 spiro atoms. The molecular weight excluding hydrogens is 500 g/mol. The maximum Gasteiger partial charge on any atom is 0.312 e. The summed E-state index contributed by atoms with van der Waals surface area (Å²) < 4.78 is 6.28. The van der Waals surface area contributed by atoms with E-state index in [-0.39, 0.29) is 11.4 Å². The molecule has 1 aromatic rings. The van der Waals surface area contributed by atoms with Crippen LogP contribution in [0.4, 0.5) is 0 Å². The number of rotatable bonds is 4. The second-order valence-corrected chi connectivity index (χ2v) is 18.0. The highest BCUT2D eigenvalue weighted by atomic mass is 16.5. The minimum absolute atomic E-state index is 0.145. The van der Waals surface area contributed by atoms with Gasteiger partial charge in [-0.05, 0) is 145 Å². The van der Waals surface area contributed by atoms with Gasteiger partial charge in [-0.2, -0.15) is 0 Å². The highest BCUT2D eigenvalue weighted by molar-refractivity contribution is 5.78. The van der Waals surface area contributed by atoms with Crippen molar-refractivity contribution in [2.24, 2.45) is 68.0 Å². The average molecular weight is 559 g/mol. The molecule has 0 bridgehead atoms. The van der Waals surface area contributed by atoms with Gasteiger partial charge in [-0.15, -0.1) is 0 Å². The van der Waals surface area contributed by atoms with Gasteiger partial charge >= 0.3 is 5.97 Å². The van der Waals surface area contributed by atoms with Crippen LogP contribution in [0.15, 0.2) is 30.3 Å². The maximum absolute atomic E-state index is 14.3. The van der Waals surface area contributed by atoms with Crippen LogP contribution in [0, 0.1) is 68.0 Å². The van der Waals surface area contributed by atoms with Gasteiger partial charge < -0.3 is 4.74 Å². The summed E-state index contributed by atoms with van der Waals surface area (Å²) in [5.41, 5.74) is 2.89. The van der Waals surface area contributed by atoms with Crippen molar-refractivity contribution < 1.29 is 9.53 Å². The molecular formula is C39H58O2. The summed E-state index contributed by atoms with van der Waals surface area (Å²) in [4.78, 5) is 14.3. The predicted octanol–water partition coefficient (Wildman–Crippen LogP) is 10.2. The fourth-order valence-electron chi connectivity index (χ4n) is 13.3. The van der Waals surface area contributed by atoms with Gasteiger partial charge in [0.15, 0.2) is 0 Å². The number of esters is 1. The first-order chi connectivity index (χ1) is 19.3. The van der Waals surface area contributed by atoms with Crippen molar-refractivity contribution in [2.75, 3.05) is 0 Å². The number of fused-ring (bicyclic) bond motifs is 7. The van der Waals surface area contributed by atoms with E-state index in [1.807, 2.05) is 6.07 Å². The SMILES string of the molecule is C[C@H]1CC[C@]2(C)[C@H]3CC[C@@H]4[C@H]5[C@H](C6(C)CC6)CC[C@]5(C(=O)OCc5ccccc5)CC[C@@]4(C)[C@]3(C)CC[C@H]2C1(C)C. The van der Waals surface area contributed by atoms with Crippen LogP contribution in [0.5, 0.6) is 0 Å². The monoisotopic (exact) mass is 558 g/mol. The van der Waals surface area contributed by atoms with Crippen LogP contribution in [-0.2, 0) is 16.1 Å². The van der Waals surface area contributed by atoms with Crippen molar-refractivity contribution in [3.63, 3.8) is 0 Å². The van der Waals surface area contributed by atoms with Crippen LogP contribution in [-0.4, -0.2) is 5.97 Å². The van der Waals surface area contributed by atoms with Gasteiger partial charge in [0.2, 0.25) is 0 Å². The largest absolute Gasteiger partial charge is 0.460 e. The van der Waals surface area contributed by atoms with E-state index in [0.717, 1.165) is 36.2 Å². The van der Waals surface area contributed by atoms with Crippen molar-refractivity contribution in [1.29, 1.82) is 0 Å². The smallest absolute Gasteiger partial charge is 0.312 e. The van der Waals surface area contributed by atoms with Crippen molar-refractivity contribution >= 4 is 5.97 Å². The molecule has 6 fully saturated rings. The standard InChI is InChI=1S/C39H58O2/c1-26-15-18-36(5)30(34(26,2)3)17-19-38(7)31(36)14-13-29-32-28(35(4)21-22-35)16-20-39(32,24-23-37(29,38)6)33(40)41-25-27-11-9-8-10-12-27/h8-12,26,28-32H,13-25H2,1-7H3/t26-,28+,29+,30-,31+,32+,36-,37+,38+,39-/m0/s1. The van der Waals surface area contributed by atoms with Crippen LogP contribution in [0.25, 0.3) is 0 Å². The first-order valence-electron chi connectivity index (χ1n) is 17.5. The van der Waals surface area contributed by atoms with Crippen LogP contribution in [0.2, 0.25) is 0 Å². The molecule has 0 N–H and O–H groups in total. The van der Waals surface area contributed by atoms with Crippen LogP contribution >= 0.6 is 0 Å². The second-order valence-electron chi connectivity index (χ2n) is 18.0. The van der Waals surface area contributed by atoms with Gasteiger partial charge in [-0.1, -0.05) is 78.8 Å². The zero-order chi connectivity index (χ0) is 29.1. The summed E-state index contributed by atoms with van der Waals surface area (Å²) in [5.74, 6) is 4.48. The minimum Gasteiger partial charge on any atom is -0.460 e. The molecule has 2 nitrogen and oxygen atoms in total. The van der Waals surface area contributed by atoms with Gasteiger partial charge in [0, 0.05) is 0 Å². The fourth-order valence-corrected chi connectivity index (χ4v) is 13.3. The topological polar surface area (TPSA) is 26.3 Å². The maximum atomic E-state index is 14.3. The number of carbonyl (C=O) groups is 1. The third-order valence-corrected chi connectivity index (χ3v) is 16.5. The van der Waals surface area contributed by atoms with Crippen LogP contribution < -0.4 is 0 Å². The van der Waals surface area contributed by atoms with E-state index in [0.29, 0.717) is 51.4 Å². The van der Waals surface area contributed by atoms with E-state index in [1.54, 1.807) is 0 Å². The molecule has 10 atom stereocenters. The summed E-state index contributed by atoms with van der Waals surface area (Å²) in [6, 6.07) is 10.3. The summed E-state index contributed by atoms with van der Waals surface area (Å²) in [7, 11) is 0. The number of hydrogen-bond acceptors (Lipinski definition) is 2. The molecule has 0 aromatic heterocycles. The van der Waals surface area contributed by atoms with Gasteiger partial charge in [0.05, 0.1) is 5.41 Å². The summed E-state index contributed by atoms with van der Waals surface area (Å²) >= 11 is 0. The molecule has 2 heteroatoms. The first kappa shape index (κ1) is 28.5. The summed E-state index contributed by atoms with van der Waals surface area (Å²) in [6.45, 7) is 18.9. The molecule has 6 aliphatic carbocycles. The van der Waals surface area contributed by atoms with E-state index in [4.69, 9.17) is 4.74 Å². The Morgan fingerprint density at radius 1 is 0.732 bits per heavy atom. The van der Waals surface area contributed by atoms with Gasteiger partial charge in [0.25, 0.3) is 0 Å². The van der Waals surface area contributed by atoms with E-state index >= 15 is 0 Å². The molecule has 0 amide bonds. The van der Waals surface area contributed by atoms with Crippen LogP contribution in [0.3, 0.4) is 0 Å². The highest BCUT2D eigenvalue weighted by Gasteiger charge is 2.73.